The molecule has 0 fully saturated rings. The summed E-state index contributed by atoms with van der Waals surface area (Å²) in [5.74, 6) is -0.881. The Bertz CT molecular complexity index is 393. The van der Waals surface area contributed by atoms with E-state index in [-0.39, 0.29) is 12.2 Å². The lowest BCUT2D eigenvalue weighted by Crippen LogP contribution is -2.42. The minimum atomic E-state index is -1.90. The predicted molar refractivity (Wildman–Crippen MR) is 55.2 cm³/mol. The maximum Gasteiger partial charge on any atom is 0.389 e. The second-order valence-corrected chi connectivity index (χ2v) is 3.29. The summed E-state index contributed by atoms with van der Waals surface area (Å²) >= 11 is 0. The summed E-state index contributed by atoms with van der Waals surface area (Å²) in [6.45, 7) is 2.91. The largest absolute Gasteiger partial charge is 0.460 e. The quantitative estimate of drug-likeness (QED) is 0.435. The Morgan fingerprint density at radius 3 is 2.81 bits per heavy atom. The molecule has 0 N–H and O–H groups in total. The molecule has 0 aliphatic heterocycles. The number of esters is 1. The molecule has 0 spiro atoms. The van der Waals surface area contributed by atoms with Crippen LogP contribution in [0, 0.1) is 10.1 Å². The standard InChI is InChI=1S/C10H12N2O4/c1-3-16-9(13)10(2,12(14)15)8-5-4-6-11-7-8/h4-7H,3H2,1-2H3. The first kappa shape index (κ1) is 12.1. The molecule has 1 heterocycles. The Balaban J connectivity index is 3.17. The molecule has 86 valence electrons. The van der Waals surface area contributed by atoms with Gasteiger partial charge in [0.25, 0.3) is 0 Å². The van der Waals surface area contributed by atoms with Gasteiger partial charge in [0.2, 0.25) is 0 Å². The van der Waals surface area contributed by atoms with Crippen molar-refractivity contribution in [2.24, 2.45) is 0 Å². The fourth-order valence-corrected chi connectivity index (χ4v) is 1.22. The zero-order valence-corrected chi connectivity index (χ0v) is 9.04. The number of hydrogen-bond acceptors (Lipinski definition) is 5. The first-order valence-corrected chi connectivity index (χ1v) is 4.75. The highest BCUT2D eigenvalue weighted by atomic mass is 16.6. The van der Waals surface area contributed by atoms with Gasteiger partial charge in [-0.3, -0.25) is 15.1 Å². The van der Waals surface area contributed by atoms with Crippen LogP contribution in [0.1, 0.15) is 19.4 Å². The van der Waals surface area contributed by atoms with Crippen molar-refractivity contribution in [1.29, 1.82) is 0 Å². The third-order valence-corrected chi connectivity index (χ3v) is 2.26. The SMILES string of the molecule is CCOC(=O)C(C)(c1cccnc1)[N+](=O)[O-]. The van der Waals surface area contributed by atoms with Gasteiger partial charge in [-0.25, -0.2) is 4.79 Å². The van der Waals surface area contributed by atoms with Crippen molar-refractivity contribution in [2.75, 3.05) is 6.61 Å². The molecule has 1 rings (SSSR count). The number of aromatic nitrogens is 1. The monoisotopic (exact) mass is 224 g/mol. The summed E-state index contributed by atoms with van der Waals surface area (Å²) in [5, 5.41) is 11.0. The van der Waals surface area contributed by atoms with E-state index in [9.17, 15) is 14.9 Å². The molecule has 6 heteroatoms. The van der Waals surface area contributed by atoms with Gasteiger partial charge in [0.1, 0.15) is 0 Å². The van der Waals surface area contributed by atoms with Crippen LogP contribution in [0.4, 0.5) is 0 Å². The van der Waals surface area contributed by atoms with E-state index in [1.165, 1.54) is 31.5 Å². The molecule has 0 saturated heterocycles. The molecule has 0 amide bonds. The number of ether oxygens (including phenoxy) is 1. The fraction of sp³-hybridized carbons (Fsp3) is 0.400. The molecule has 0 bridgehead atoms. The fourth-order valence-electron chi connectivity index (χ4n) is 1.22. The highest BCUT2D eigenvalue weighted by Crippen LogP contribution is 2.25. The number of pyridine rings is 1. The summed E-state index contributed by atoms with van der Waals surface area (Å²) in [6.07, 6.45) is 2.77. The minimum Gasteiger partial charge on any atom is -0.460 e. The van der Waals surface area contributed by atoms with Crippen LogP contribution in [-0.4, -0.2) is 22.5 Å². The van der Waals surface area contributed by atoms with Gasteiger partial charge in [0.05, 0.1) is 12.2 Å². The predicted octanol–water partition coefficient (Wildman–Crippen LogP) is 1.14. The molecule has 0 aliphatic rings. The molecule has 1 aromatic rings. The second kappa shape index (κ2) is 4.69. The lowest BCUT2D eigenvalue weighted by molar-refractivity contribution is -0.559. The average molecular weight is 224 g/mol. The first-order valence-electron chi connectivity index (χ1n) is 4.75. The van der Waals surface area contributed by atoms with E-state index in [4.69, 9.17) is 4.74 Å². The highest BCUT2D eigenvalue weighted by molar-refractivity contribution is 5.80. The summed E-state index contributed by atoms with van der Waals surface area (Å²) in [5.41, 5.74) is -1.69. The normalized spacial score (nSPS) is 13.9. The van der Waals surface area contributed by atoms with E-state index >= 15 is 0 Å². The van der Waals surface area contributed by atoms with Crippen molar-refractivity contribution >= 4 is 5.97 Å². The molecule has 1 aromatic heterocycles. The van der Waals surface area contributed by atoms with Crippen LogP contribution in [0.25, 0.3) is 0 Å². The summed E-state index contributed by atoms with van der Waals surface area (Å²) in [7, 11) is 0. The molecule has 0 aromatic carbocycles. The van der Waals surface area contributed by atoms with Gasteiger partial charge in [-0.1, -0.05) is 0 Å². The number of rotatable bonds is 4. The van der Waals surface area contributed by atoms with E-state index in [2.05, 4.69) is 4.98 Å². The third kappa shape index (κ3) is 2.00. The molecule has 16 heavy (non-hydrogen) atoms. The summed E-state index contributed by atoms with van der Waals surface area (Å²) < 4.78 is 4.71. The van der Waals surface area contributed by atoms with E-state index in [0.717, 1.165) is 0 Å². The van der Waals surface area contributed by atoms with Crippen molar-refractivity contribution in [3.05, 3.63) is 40.2 Å². The van der Waals surface area contributed by atoms with E-state index in [1.54, 1.807) is 6.92 Å². The van der Waals surface area contributed by atoms with Crippen molar-refractivity contribution in [1.82, 2.24) is 4.98 Å². The smallest absolute Gasteiger partial charge is 0.389 e. The Kier molecular flexibility index (Phi) is 3.55. The van der Waals surface area contributed by atoms with E-state index in [1.807, 2.05) is 0 Å². The van der Waals surface area contributed by atoms with Gasteiger partial charge in [-0.2, -0.15) is 0 Å². The van der Waals surface area contributed by atoms with Gasteiger partial charge in [0, 0.05) is 24.2 Å². The number of nitro groups is 1. The molecule has 0 aliphatic carbocycles. The van der Waals surface area contributed by atoms with Crippen LogP contribution in [-0.2, 0) is 15.1 Å². The topological polar surface area (TPSA) is 82.3 Å². The van der Waals surface area contributed by atoms with Crippen molar-refractivity contribution in [3.63, 3.8) is 0 Å². The zero-order chi connectivity index (χ0) is 12.2. The summed E-state index contributed by atoms with van der Waals surface area (Å²) in [4.78, 5) is 25.7. The van der Waals surface area contributed by atoms with Gasteiger partial charge >= 0.3 is 11.5 Å². The second-order valence-electron chi connectivity index (χ2n) is 3.29. The van der Waals surface area contributed by atoms with E-state index < -0.39 is 16.4 Å². The number of carbonyl (C=O) groups excluding carboxylic acids is 1. The maximum absolute atomic E-state index is 11.6. The van der Waals surface area contributed by atoms with Crippen molar-refractivity contribution in [3.8, 4) is 0 Å². The Morgan fingerprint density at radius 2 is 2.38 bits per heavy atom. The lowest BCUT2D eigenvalue weighted by Gasteiger charge is -2.18. The molecule has 0 saturated carbocycles. The Hall–Kier alpha value is -1.98. The van der Waals surface area contributed by atoms with Gasteiger partial charge < -0.3 is 4.74 Å². The minimum absolute atomic E-state index is 0.0997. The maximum atomic E-state index is 11.6. The third-order valence-electron chi connectivity index (χ3n) is 2.26. The molecule has 6 nitrogen and oxygen atoms in total. The lowest BCUT2D eigenvalue weighted by atomic mass is 9.94. The number of nitrogens with zero attached hydrogens (tertiary/aromatic N) is 2. The highest BCUT2D eigenvalue weighted by Gasteiger charge is 2.49. The molecule has 1 unspecified atom stereocenters. The number of carbonyl (C=O) groups is 1. The molecule has 1 atom stereocenters. The van der Waals surface area contributed by atoms with Crippen molar-refractivity contribution < 1.29 is 14.5 Å². The van der Waals surface area contributed by atoms with Crippen LogP contribution in [0.15, 0.2) is 24.5 Å². The molecular formula is C10H12N2O4. The summed E-state index contributed by atoms with van der Waals surface area (Å²) in [6, 6.07) is 3.02. The van der Waals surface area contributed by atoms with Gasteiger partial charge in [0.15, 0.2) is 0 Å². The van der Waals surface area contributed by atoms with Crippen LogP contribution in [0.3, 0.4) is 0 Å². The van der Waals surface area contributed by atoms with Gasteiger partial charge in [-0.05, 0) is 19.1 Å². The van der Waals surface area contributed by atoms with Crippen LogP contribution < -0.4 is 0 Å². The molecule has 0 radical (unpaired) electrons. The van der Waals surface area contributed by atoms with Crippen LogP contribution in [0.2, 0.25) is 0 Å². The van der Waals surface area contributed by atoms with Crippen LogP contribution in [0.5, 0.6) is 0 Å². The van der Waals surface area contributed by atoms with E-state index in [0.29, 0.717) is 0 Å². The zero-order valence-electron chi connectivity index (χ0n) is 9.04. The van der Waals surface area contributed by atoms with Gasteiger partial charge in [-0.15, -0.1) is 0 Å². The average Bonchev–Trinajstić information content (AvgIpc) is 2.29. The Morgan fingerprint density at radius 1 is 1.69 bits per heavy atom. The number of hydrogen-bond donors (Lipinski definition) is 0. The van der Waals surface area contributed by atoms with Crippen molar-refractivity contribution in [2.45, 2.75) is 19.4 Å². The molecular weight excluding hydrogens is 212 g/mol. The Labute approximate surface area is 92.4 Å². The first-order chi connectivity index (χ1) is 7.53. The van der Waals surface area contributed by atoms with Crippen LogP contribution >= 0.6 is 0 Å².